The zero-order valence-electron chi connectivity index (χ0n) is 19.6. The Morgan fingerprint density at radius 3 is 2.56 bits per heavy atom. The molecule has 0 aliphatic carbocycles. The number of pyridine rings is 1. The van der Waals surface area contributed by atoms with Gasteiger partial charge in [-0.1, -0.05) is 18.6 Å². The molecular formula is C26H33FN4O3. The summed E-state index contributed by atoms with van der Waals surface area (Å²) in [6.45, 7) is 3.99. The highest BCUT2D eigenvalue weighted by Gasteiger charge is 2.54. The van der Waals surface area contributed by atoms with Gasteiger partial charge in [-0.2, -0.15) is 0 Å². The summed E-state index contributed by atoms with van der Waals surface area (Å²) >= 11 is 0. The molecule has 5 rings (SSSR count). The van der Waals surface area contributed by atoms with E-state index in [0.717, 1.165) is 25.3 Å². The fourth-order valence-corrected chi connectivity index (χ4v) is 6.25. The van der Waals surface area contributed by atoms with Gasteiger partial charge in [0.1, 0.15) is 5.82 Å². The summed E-state index contributed by atoms with van der Waals surface area (Å²) in [6.07, 6.45) is 3.72. The number of halogens is 1. The lowest BCUT2D eigenvalue weighted by Gasteiger charge is -2.29. The molecule has 0 spiro atoms. The van der Waals surface area contributed by atoms with E-state index in [9.17, 15) is 19.1 Å². The Balaban J connectivity index is 1.33. The molecule has 4 atom stereocenters. The maximum absolute atomic E-state index is 13.3. The predicted octanol–water partition coefficient (Wildman–Crippen LogP) is 1.85. The molecule has 3 aliphatic rings. The molecule has 2 fully saturated rings. The average molecular weight is 469 g/mol. The second-order valence-electron chi connectivity index (χ2n) is 9.85. The Kier molecular flexibility index (Phi) is 6.55. The first-order chi connectivity index (χ1) is 16.5. The van der Waals surface area contributed by atoms with E-state index in [1.165, 1.54) is 31.4 Å². The predicted molar refractivity (Wildman–Crippen MR) is 128 cm³/mol. The second kappa shape index (κ2) is 9.60. The highest BCUT2D eigenvalue weighted by molar-refractivity contribution is 5.82. The summed E-state index contributed by atoms with van der Waals surface area (Å²) in [5.41, 5.74) is 1.95. The lowest BCUT2D eigenvalue weighted by molar-refractivity contribution is -0.127. The van der Waals surface area contributed by atoms with Gasteiger partial charge in [0.05, 0.1) is 12.1 Å². The minimum absolute atomic E-state index is 0.0241. The first kappa shape index (κ1) is 23.2. The van der Waals surface area contributed by atoms with Crippen LogP contribution in [-0.2, 0) is 11.3 Å². The summed E-state index contributed by atoms with van der Waals surface area (Å²) in [5.74, 6) is -0.667. The zero-order valence-corrected chi connectivity index (χ0v) is 19.6. The van der Waals surface area contributed by atoms with Crippen molar-refractivity contribution in [2.24, 2.45) is 11.8 Å². The molecule has 1 aromatic carbocycles. The summed E-state index contributed by atoms with van der Waals surface area (Å²) in [7, 11) is 1.91. The van der Waals surface area contributed by atoms with Crippen molar-refractivity contribution in [2.45, 2.75) is 37.9 Å². The summed E-state index contributed by atoms with van der Waals surface area (Å²) in [4.78, 5) is 30.9. The molecule has 182 valence electrons. The summed E-state index contributed by atoms with van der Waals surface area (Å²) in [5, 5.41) is 13.3. The monoisotopic (exact) mass is 468 g/mol. The number of hydrogen-bond acceptors (Lipinski definition) is 5. The smallest absolute Gasteiger partial charge is 0.258 e. The highest BCUT2D eigenvalue weighted by atomic mass is 19.1. The van der Waals surface area contributed by atoms with Crippen LogP contribution in [0.3, 0.4) is 0 Å². The standard InChI is InChI=1S/C26H33FN4O3/c1-29-23-20(21(16-32)24(29)25(33)28-11-14-30-12-3-2-4-13-30)15-31-22(23)10-9-19(26(31)34)17-5-7-18(27)8-6-17/h5-10,20-21,23-24,32H,2-4,11-16H2,1H3,(H,28,33)/t20-,21-,23+,24-/m0/s1. The number of likely N-dealkylation sites (N-methyl/N-ethyl adjacent to an activating group) is 1. The van der Waals surface area contributed by atoms with Crippen LogP contribution >= 0.6 is 0 Å². The number of aromatic nitrogens is 1. The second-order valence-corrected chi connectivity index (χ2v) is 9.85. The molecule has 2 saturated heterocycles. The third kappa shape index (κ3) is 4.08. The summed E-state index contributed by atoms with van der Waals surface area (Å²) < 4.78 is 15.1. The Morgan fingerprint density at radius 1 is 1.12 bits per heavy atom. The van der Waals surface area contributed by atoms with E-state index in [0.29, 0.717) is 24.2 Å². The number of aliphatic hydroxyl groups is 1. The van der Waals surface area contributed by atoms with Crippen LogP contribution in [0.25, 0.3) is 11.1 Å². The van der Waals surface area contributed by atoms with Gasteiger partial charge in [-0.15, -0.1) is 0 Å². The van der Waals surface area contributed by atoms with Gasteiger partial charge in [-0.25, -0.2) is 4.39 Å². The molecule has 0 radical (unpaired) electrons. The number of aliphatic hydroxyl groups excluding tert-OH is 1. The van der Waals surface area contributed by atoms with Crippen molar-refractivity contribution in [2.75, 3.05) is 39.8 Å². The molecule has 7 nitrogen and oxygen atoms in total. The van der Waals surface area contributed by atoms with Crippen molar-refractivity contribution in [1.29, 1.82) is 0 Å². The van der Waals surface area contributed by atoms with E-state index < -0.39 is 6.04 Å². The van der Waals surface area contributed by atoms with Gasteiger partial charge in [-0.05, 0) is 62.8 Å². The number of piperidine rings is 1. The molecule has 2 aromatic rings. The SMILES string of the molecule is CN1[C@H](C(=O)NCCN2CCCCC2)[C@@H](CO)[C@@H]2Cn3c(ccc(-c4ccc(F)cc4)c3=O)[C@@H]21. The maximum atomic E-state index is 13.3. The van der Waals surface area contributed by atoms with Crippen molar-refractivity contribution in [1.82, 2.24) is 19.7 Å². The molecule has 34 heavy (non-hydrogen) atoms. The Morgan fingerprint density at radius 2 is 1.85 bits per heavy atom. The van der Waals surface area contributed by atoms with Crippen LogP contribution in [0.1, 0.15) is 31.0 Å². The molecular weight excluding hydrogens is 435 g/mol. The number of rotatable bonds is 6. The first-order valence-corrected chi connectivity index (χ1v) is 12.3. The van der Waals surface area contributed by atoms with Crippen LogP contribution in [-0.4, -0.2) is 71.3 Å². The Labute approximate surface area is 199 Å². The van der Waals surface area contributed by atoms with Crippen molar-refractivity contribution in [3.8, 4) is 11.1 Å². The van der Waals surface area contributed by atoms with Crippen LogP contribution in [0, 0.1) is 17.7 Å². The largest absolute Gasteiger partial charge is 0.396 e. The zero-order chi connectivity index (χ0) is 23.8. The van der Waals surface area contributed by atoms with Gasteiger partial charge in [0.15, 0.2) is 0 Å². The van der Waals surface area contributed by atoms with Crippen molar-refractivity contribution < 1.29 is 14.3 Å². The molecule has 4 heterocycles. The van der Waals surface area contributed by atoms with Gasteiger partial charge < -0.3 is 19.9 Å². The molecule has 8 heteroatoms. The quantitative estimate of drug-likeness (QED) is 0.677. The molecule has 0 bridgehead atoms. The van der Waals surface area contributed by atoms with Crippen LogP contribution < -0.4 is 10.9 Å². The van der Waals surface area contributed by atoms with Gasteiger partial charge >= 0.3 is 0 Å². The van der Waals surface area contributed by atoms with E-state index in [1.54, 1.807) is 22.8 Å². The molecule has 3 aliphatic heterocycles. The topological polar surface area (TPSA) is 77.8 Å². The molecule has 0 saturated carbocycles. The molecule has 1 aromatic heterocycles. The third-order valence-corrected chi connectivity index (χ3v) is 7.95. The third-order valence-electron chi connectivity index (χ3n) is 7.95. The van der Waals surface area contributed by atoms with E-state index in [2.05, 4.69) is 10.2 Å². The molecule has 1 amide bonds. The minimum Gasteiger partial charge on any atom is -0.396 e. The normalized spacial score (nSPS) is 26.9. The Hall–Kier alpha value is -2.55. The van der Waals surface area contributed by atoms with Crippen molar-refractivity contribution >= 4 is 5.91 Å². The molecule has 2 N–H and O–H groups in total. The van der Waals surface area contributed by atoms with Crippen molar-refractivity contribution in [3.63, 3.8) is 0 Å². The van der Waals surface area contributed by atoms with Gasteiger partial charge in [0.2, 0.25) is 5.91 Å². The Bertz CT molecular complexity index is 1100. The van der Waals surface area contributed by atoms with E-state index >= 15 is 0 Å². The number of fused-ring (bicyclic) bond motifs is 3. The number of amides is 1. The number of carbonyl (C=O) groups excluding carboxylic acids is 1. The van der Waals surface area contributed by atoms with E-state index in [4.69, 9.17) is 0 Å². The average Bonchev–Trinajstić information content (AvgIpc) is 3.36. The number of benzene rings is 1. The van der Waals surface area contributed by atoms with Crippen LogP contribution in [0.4, 0.5) is 4.39 Å². The number of likely N-dealkylation sites (tertiary alicyclic amines) is 2. The van der Waals surface area contributed by atoms with Crippen LogP contribution in [0.5, 0.6) is 0 Å². The first-order valence-electron chi connectivity index (χ1n) is 12.3. The van der Waals surface area contributed by atoms with E-state index in [-0.39, 0.29) is 41.8 Å². The maximum Gasteiger partial charge on any atom is 0.258 e. The molecule has 0 unspecified atom stereocenters. The van der Waals surface area contributed by atoms with Gasteiger partial charge in [-0.3, -0.25) is 14.5 Å². The van der Waals surface area contributed by atoms with Gasteiger partial charge in [0, 0.05) is 49.3 Å². The lowest BCUT2D eigenvalue weighted by atomic mass is 9.88. The van der Waals surface area contributed by atoms with Crippen LogP contribution in [0.2, 0.25) is 0 Å². The van der Waals surface area contributed by atoms with Crippen molar-refractivity contribution in [3.05, 3.63) is 58.3 Å². The lowest BCUT2D eigenvalue weighted by Crippen LogP contribution is -2.48. The van der Waals surface area contributed by atoms with Crippen LogP contribution in [0.15, 0.2) is 41.2 Å². The minimum atomic E-state index is -0.429. The van der Waals surface area contributed by atoms with E-state index in [1.807, 2.05) is 18.0 Å². The number of carbonyl (C=O) groups is 1. The van der Waals surface area contributed by atoms with Gasteiger partial charge in [0.25, 0.3) is 5.56 Å². The number of nitrogens with zero attached hydrogens (tertiary/aromatic N) is 3. The fourth-order valence-electron chi connectivity index (χ4n) is 6.25. The fraction of sp³-hybridized carbons (Fsp3) is 0.538. The summed E-state index contributed by atoms with van der Waals surface area (Å²) in [6, 6.07) is 9.12. The number of nitrogens with one attached hydrogen (secondary N) is 1. The highest BCUT2D eigenvalue weighted by Crippen LogP contribution is 2.48. The number of hydrogen-bond donors (Lipinski definition) is 2.